The molecule has 3 aromatic rings. The van der Waals surface area contributed by atoms with Gasteiger partial charge in [0.2, 0.25) is 5.91 Å². The van der Waals surface area contributed by atoms with Gasteiger partial charge in [-0.3, -0.25) is 9.69 Å². The Morgan fingerprint density at radius 3 is 2.59 bits per heavy atom. The van der Waals surface area contributed by atoms with E-state index in [0.717, 1.165) is 18.5 Å². The second kappa shape index (κ2) is 10.0. The number of carbonyl (C=O) groups is 1. The molecule has 0 aliphatic carbocycles. The fourth-order valence-electron chi connectivity index (χ4n) is 4.52. The number of carbonyl (C=O) groups excluding carboxylic acids is 1. The highest BCUT2D eigenvalue weighted by atomic mass is 19.1. The Morgan fingerprint density at radius 2 is 1.81 bits per heavy atom. The third kappa shape index (κ3) is 5.60. The second-order valence-electron chi connectivity index (χ2n) is 8.68. The lowest BCUT2D eigenvalue weighted by Crippen LogP contribution is -2.45. The average Bonchev–Trinajstić information content (AvgIpc) is 2.79. The molecule has 0 unspecified atom stereocenters. The third-order valence-corrected chi connectivity index (χ3v) is 6.12. The van der Waals surface area contributed by atoms with Gasteiger partial charge >= 0.3 is 0 Å². The SMILES string of the molecule is Cc1cccc([C@@H]2C[C@@H](C(=O)NCc3cccc(F)c3)CN(Cc3ccccc3F)C2)c1. The highest BCUT2D eigenvalue weighted by Gasteiger charge is 2.32. The van der Waals surface area contributed by atoms with Crippen molar-refractivity contribution in [1.82, 2.24) is 10.2 Å². The van der Waals surface area contributed by atoms with E-state index in [1.807, 2.05) is 12.1 Å². The average molecular weight is 435 g/mol. The first-order valence-electron chi connectivity index (χ1n) is 11.0. The van der Waals surface area contributed by atoms with E-state index in [4.69, 9.17) is 0 Å². The molecule has 0 spiro atoms. The van der Waals surface area contributed by atoms with Crippen molar-refractivity contribution < 1.29 is 13.6 Å². The molecule has 1 N–H and O–H groups in total. The topological polar surface area (TPSA) is 32.3 Å². The number of halogens is 2. The van der Waals surface area contributed by atoms with Crippen LogP contribution in [0.15, 0.2) is 72.8 Å². The minimum absolute atomic E-state index is 0.0508. The third-order valence-electron chi connectivity index (χ3n) is 6.12. The van der Waals surface area contributed by atoms with Gasteiger partial charge in [-0.2, -0.15) is 0 Å². The first kappa shape index (κ1) is 22.2. The fourth-order valence-corrected chi connectivity index (χ4v) is 4.52. The highest BCUT2D eigenvalue weighted by Crippen LogP contribution is 2.32. The molecule has 0 radical (unpaired) electrons. The predicted molar refractivity (Wildman–Crippen MR) is 122 cm³/mol. The summed E-state index contributed by atoms with van der Waals surface area (Å²) in [5.41, 5.74) is 3.75. The standard InChI is InChI=1S/C27H28F2N2O/c1-19-6-4-9-21(12-19)23-14-24(27(32)30-15-20-7-5-10-25(28)13-20)18-31(17-23)16-22-8-2-3-11-26(22)29/h2-13,23-24H,14-18H2,1H3,(H,30,32)/t23-,24-/m1/s1. The number of benzene rings is 3. The van der Waals surface area contributed by atoms with Gasteiger partial charge in [-0.1, -0.05) is 60.2 Å². The fraction of sp³-hybridized carbons (Fsp3) is 0.296. The Bertz CT molecular complexity index is 1080. The summed E-state index contributed by atoms with van der Waals surface area (Å²) in [6.07, 6.45) is 0.728. The van der Waals surface area contributed by atoms with Crippen molar-refractivity contribution in [1.29, 1.82) is 0 Å². The summed E-state index contributed by atoms with van der Waals surface area (Å²) in [7, 11) is 0. The number of likely N-dealkylation sites (tertiary alicyclic amines) is 1. The normalized spacial score (nSPS) is 19.0. The van der Waals surface area contributed by atoms with Crippen molar-refractivity contribution in [2.45, 2.75) is 32.4 Å². The molecular formula is C27H28F2N2O. The lowest BCUT2D eigenvalue weighted by atomic mass is 9.83. The van der Waals surface area contributed by atoms with Crippen molar-refractivity contribution in [3.8, 4) is 0 Å². The molecule has 0 saturated carbocycles. The molecule has 5 heteroatoms. The number of rotatable bonds is 6. The van der Waals surface area contributed by atoms with Gasteiger partial charge in [0, 0.05) is 31.7 Å². The van der Waals surface area contributed by atoms with Gasteiger partial charge in [0.05, 0.1) is 5.92 Å². The molecule has 1 heterocycles. The smallest absolute Gasteiger partial charge is 0.224 e. The largest absolute Gasteiger partial charge is 0.352 e. The summed E-state index contributed by atoms with van der Waals surface area (Å²) in [5.74, 6) is -0.637. The van der Waals surface area contributed by atoms with Crippen LogP contribution in [-0.2, 0) is 17.9 Å². The zero-order chi connectivity index (χ0) is 22.5. The van der Waals surface area contributed by atoms with E-state index >= 15 is 0 Å². The maximum atomic E-state index is 14.3. The maximum absolute atomic E-state index is 14.3. The number of nitrogens with one attached hydrogen (secondary N) is 1. The van der Waals surface area contributed by atoms with E-state index in [1.54, 1.807) is 24.3 Å². The van der Waals surface area contributed by atoms with E-state index in [0.29, 0.717) is 18.7 Å². The lowest BCUT2D eigenvalue weighted by molar-refractivity contribution is -0.127. The van der Waals surface area contributed by atoms with Crippen LogP contribution in [0.2, 0.25) is 0 Å². The zero-order valence-corrected chi connectivity index (χ0v) is 18.2. The molecule has 1 fully saturated rings. The Balaban J connectivity index is 1.50. The number of piperidine rings is 1. The van der Waals surface area contributed by atoms with Gasteiger partial charge < -0.3 is 5.32 Å². The van der Waals surface area contributed by atoms with E-state index in [1.165, 1.54) is 29.3 Å². The minimum atomic E-state index is -0.315. The molecule has 4 rings (SSSR count). The summed E-state index contributed by atoms with van der Waals surface area (Å²) < 4.78 is 27.7. The molecule has 166 valence electrons. The van der Waals surface area contributed by atoms with Gasteiger partial charge in [0.25, 0.3) is 0 Å². The van der Waals surface area contributed by atoms with E-state index in [-0.39, 0.29) is 35.9 Å². The molecule has 1 amide bonds. The van der Waals surface area contributed by atoms with E-state index in [9.17, 15) is 13.6 Å². The van der Waals surface area contributed by atoms with Crippen LogP contribution < -0.4 is 5.32 Å². The van der Waals surface area contributed by atoms with Crippen molar-refractivity contribution in [2.24, 2.45) is 5.92 Å². The quantitative estimate of drug-likeness (QED) is 0.579. The molecule has 1 aliphatic heterocycles. The van der Waals surface area contributed by atoms with Crippen molar-refractivity contribution in [3.05, 3.63) is 107 Å². The lowest BCUT2D eigenvalue weighted by Gasteiger charge is -2.37. The van der Waals surface area contributed by atoms with Gasteiger partial charge in [0.15, 0.2) is 0 Å². The van der Waals surface area contributed by atoms with Gasteiger partial charge in [-0.05, 0) is 48.6 Å². The zero-order valence-electron chi connectivity index (χ0n) is 18.2. The van der Waals surface area contributed by atoms with Gasteiger partial charge in [-0.25, -0.2) is 8.78 Å². The molecule has 1 aliphatic rings. The summed E-state index contributed by atoms with van der Waals surface area (Å²) in [4.78, 5) is 15.2. The molecule has 3 nitrogen and oxygen atoms in total. The van der Waals surface area contributed by atoms with Crippen LogP contribution in [0.5, 0.6) is 0 Å². The van der Waals surface area contributed by atoms with Crippen LogP contribution in [0.25, 0.3) is 0 Å². The Hall–Kier alpha value is -3.05. The molecular weight excluding hydrogens is 406 g/mol. The van der Waals surface area contributed by atoms with Gasteiger partial charge in [-0.15, -0.1) is 0 Å². The van der Waals surface area contributed by atoms with E-state index in [2.05, 4.69) is 35.3 Å². The minimum Gasteiger partial charge on any atom is -0.352 e. The first-order chi connectivity index (χ1) is 15.5. The van der Waals surface area contributed by atoms with Crippen LogP contribution >= 0.6 is 0 Å². The number of amides is 1. The van der Waals surface area contributed by atoms with Crippen LogP contribution in [0.1, 0.15) is 34.6 Å². The molecule has 3 aromatic carbocycles. The van der Waals surface area contributed by atoms with E-state index < -0.39 is 0 Å². The predicted octanol–water partition coefficient (Wildman–Crippen LogP) is 5.20. The number of hydrogen-bond acceptors (Lipinski definition) is 2. The highest BCUT2D eigenvalue weighted by molar-refractivity contribution is 5.79. The Kier molecular flexibility index (Phi) is 6.96. The van der Waals surface area contributed by atoms with Crippen LogP contribution in [0, 0.1) is 24.5 Å². The molecule has 32 heavy (non-hydrogen) atoms. The summed E-state index contributed by atoms with van der Waals surface area (Å²) in [6.45, 7) is 4.14. The molecule has 0 bridgehead atoms. The molecule has 2 atom stereocenters. The summed E-state index contributed by atoms with van der Waals surface area (Å²) >= 11 is 0. The van der Waals surface area contributed by atoms with Crippen molar-refractivity contribution >= 4 is 5.91 Å². The first-order valence-corrected chi connectivity index (χ1v) is 11.0. The number of nitrogens with zero attached hydrogens (tertiary/aromatic N) is 1. The maximum Gasteiger partial charge on any atom is 0.224 e. The van der Waals surface area contributed by atoms with Crippen molar-refractivity contribution in [3.63, 3.8) is 0 Å². The second-order valence-corrected chi connectivity index (χ2v) is 8.68. The summed E-state index contributed by atoms with van der Waals surface area (Å²) in [6, 6.07) is 21.4. The van der Waals surface area contributed by atoms with Crippen LogP contribution in [0.3, 0.4) is 0 Å². The Morgan fingerprint density at radius 1 is 1.00 bits per heavy atom. The molecule has 1 saturated heterocycles. The van der Waals surface area contributed by atoms with Gasteiger partial charge in [0.1, 0.15) is 11.6 Å². The van der Waals surface area contributed by atoms with Crippen LogP contribution in [0.4, 0.5) is 8.78 Å². The number of aryl methyl sites for hydroxylation is 1. The van der Waals surface area contributed by atoms with Crippen LogP contribution in [-0.4, -0.2) is 23.9 Å². The van der Waals surface area contributed by atoms with Crippen molar-refractivity contribution in [2.75, 3.05) is 13.1 Å². The monoisotopic (exact) mass is 434 g/mol. The molecule has 0 aromatic heterocycles. The summed E-state index contributed by atoms with van der Waals surface area (Å²) in [5, 5.41) is 2.97. The Labute approximate surface area is 188 Å². The number of hydrogen-bond donors (Lipinski definition) is 1.